The number of nitrogens with one attached hydrogen (secondary N) is 1. The Morgan fingerprint density at radius 3 is 2.63 bits per heavy atom. The third-order valence-electron chi connectivity index (χ3n) is 3.84. The Balaban J connectivity index is 2.34. The van der Waals surface area contributed by atoms with Crippen LogP contribution in [0.2, 0.25) is 5.02 Å². The molecule has 0 amide bonds. The van der Waals surface area contributed by atoms with Gasteiger partial charge in [-0.1, -0.05) is 24.6 Å². The lowest BCUT2D eigenvalue weighted by molar-refractivity contribution is 0.266. The number of nitrogens with two attached hydrogens (primary N) is 1. The molecule has 0 bridgehead atoms. The van der Waals surface area contributed by atoms with E-state index >= 15 is 0 Å². The fourth-order valence-electron chi connectivity index (χ4n) is 2.86. The monoisotopic (exact) mass is 280 g/mol. The first-order chi connectivity index (χ1) is 8.91. The predicted molar refractivity (Wildman–Crippen MR) is 81.3 cm³/mol. The molecule has 1 aliphatic heterocycles. The molecule has 1 heterocycles. The molecule has 1 aromatic carbocycles. The molecule has 2 rings (SSSR count). The maximum atomic E-state index is 7.72. The van der Waals surface area contributed by atoms with Gasteiger partial charge in [0.05, 0.1) is 10.6 Å². The quantitative estimate of drug-likeness (QED) is 0.658. The van der Waals surface area contributed by atoms with Crippen molar-refractivity contribution in [2.45, 2.75) is 13.0 Å². The second-order valence-corrected chi connectivity index (χ2v) is 5.87. The van der Waals surface area contributed by atoms with Crippen molar-refractivity contribution in [3.8, 4) is 0 Å². The zero-order valence-corrected chi connectivity index (χ0v) is 12.4. The summed E-state index contributed by atoms with van der Waals surface area (Å²) in [6, 6.07) is 6.20. The van der Waals surface area contributed by atoms with Crippen molar-refractivity contribution >= 4 is 23.1 Å². The Morgan fingerprint density at radius 1 is 1.42 bits per heavy atom. The van der Waals surface area contributed by atoms with Gasteiger partial charge in [0, 0.05) is 24.8 Å². The number of benzene rings is 1. The second kappa shape index (κ2) is 5.39. The smallest absolute Gasteiger partial charge is 0.126 e. The van der Waals surface area contributed by atoms with E-state index in [1.807, 2.05) is 12.1 Å². The lowest BCUT2D eigenvalue weighted by Gasteiger charge is -2.24. The van der Waals surface area contributed by atoms with E-state index in [1.165, 1.54) is 0 Å². The van der Waals surface area contributed by atoms with Gasteiger partial charge in [-0.25, -0.2) is 0 Å². The van der Waals surface area contributed by atoms with E-state index in [0.29, 0.717) is 22.5 Å². The number of hydrogen-bond acceptors (Lipinski definition) is 3. The molecule has 2 atom stereocenters. The molecule has 1 saturated heterocycles. The summed E-state index contributed by atoms with van der Waals surface area (Å²) in [5.74, 6) is 0.607. The average Bonchev–Trinajstić information content (AvgIpc) is 2.70. The zero-order chi connectivity index (χ0) is 14.2. The molecule has 3 N–H and O–H groups in total. The molecule has 1 fully saturated rings. The number of hydrogen-bond donors (Lipinski definition) is 2. The van der Waals surface area contributed by atoms with Gasteiger partial charge >= 0.3 is 0 Å². The standard InChI is InChI=1S/C14H21ClN4/c1-9-7-19(8-12(9)18(2)3)11-6-4-5-10(15)13(11)14(16)17/h4-6,9,12H,7-8H2,1-3H3,(H3,16,17). The van der Waals surface area contributed by atoms with Gasteiger partial charge in [-0.05, 0) is 32.1 Å². The largest absolute Gasteiger partial charge is 0.384 e. The molecule has 104 valence electrons. The van der Waals surface area contributed by atoms with E-state index in [2.05, 4.69) is 30.8 Å². The van der Waals surface area contributed by atoms with Gasteiger partial charge in [0.15, 0.2) is 0 Å². The highest BCUT2D eigenvalue weighted by atomic mass is 35.5. The van der Waals surface area contributed by atoms with Gasteiger partial charge in [-0.3, -0.25) is 5.41 Å². The van der Waals surface area contributed by atoms with Crippen molar-refractivity contribution in [3.63, 3.8) is 0 Å². The predicted octanol–water partition coefficient (Wildman–Crippen LogP) is 2.01. The average molecular weight is 281 g/mol. The Kier molecular flexibility index (Phi) is 4.02. The van der Waals surface area contributed by atoms with Crippen LogP contribution >= 0.6 is 11.6 Å². The van der Waals surface area contributed by atoms with Crippen molar-refractivity contribution in [3.05, 3.63) is 28.8 Å². The van der Waals surface area contributed by atoms with E-state index in [4.69, 9.17) is 22.7 Å². The van der Waals surface area contributed by atoms with Crippen LogP contribution in [-0.2, 0) is 0 Å². The summed E-state index contributed by atoms with van der Waals surface area (Å²) >= 11 is 6.18. The summed E-state index contributed by atoms with van der Waals surface area (Å²) in [5.41, 5.74) is 7.29. The molecule has 2 unspecified atom stereocenters. The summed E-state index contributed by atoms with van der Waals surface area (Å²) in [7, 11) is 4.21. The number of nitrogens with zero attached hydrogens (tertiary/aromatic N) is 2. The fourth-order valence-corrected chi connectivity index (χ4v) is 3.13. The number of halogens is 1. The molecule has 0 aromatic heterocycles. The molecule has 4 nitrogen and oxygen atoms in total. The van der Waals surface area contributed by atoms with E-state index in [-0.39, 0.29) is 5.84 Å². The molecule has 0 spiro atoms. The van der Waals surface area contributed by atoms with Gasteiger partial charge in [0.2, 0.25) is 0 Å². The van der Waals surface area contributed by atoms with Crippen LogP contribution in [0.5, 0.6) is 0 Å². The van der Waals surface area contributed by atoms with E-state index in [9.17, 15) is 0 Å². The third kappa shape index (κ3) is 2.69. The number of rotatable bonds is 3. The highest BCUT2D eigenvalue weighted by molar-refractivity contribution is 6.34. The van der Waals surface area contributed by atoms with Crippen LogP contribution < -0.4 is 10.6 Å². The van der Waals surface area contributed by atoms with Crippen LogP contribution in [0, 0.1) is 11.3 Å². The number of amidine groups is 1. The lowest BCUT2D eigenvalue weighted by atomic mass is 10.1. The SMILES string of the molecule is CC1CN(c2cccc(Cl)c2C(=N)N)CC1N(C)C. The summed E-state index contributed by atoms with van der Waals surface area (Å²) in [6.45, 7) is 4.15. The topological polar surface area (TPSA) is 56.4 Å². The Hall–Kier alpha value is -1.26. The molecule has 19 heavy (non-hydrogen) atoms. The van der Waals surface area contributed by atoms with Crippen molar-refractivity contribution in [2.24, 2.45) is 11.7 Å². The maximum absolute atomic E-state index is 7.72. The molecule has 0 aliphatic carbocycles. The summed E-state index contributed by atoms with van der Waals surface area (Å²) in [6.07, 6.45) is 0. The Morgan fingerprint density at radius 2 is 2.11 bits per heavy atom. The van der Waals surface area contributed by atoms with Crippen molar-refractivity contribution in [1.82, 2.24) is 4.90 Å². The summed E-state index contributed by atoms with van der Waals surface area (Å²) < 4.78 is 0. The Bertz CT molecular complexity index is 486. The first-order valence-electron chi connectivity index (χ1n) is 6.46. The van der Waals surface area contributed by atoms with Gasteiger partial charge in [-0.2, -0.15) is 0 Å². The minimum absolute atomic E-state index is 0.0292. The molecular weight excluding hydrogens is 260 g/mol. The highest BCUT2D eigenvalue weighted by Crippen LogP contribution is 2.32. The molecule has 1 aromatic rings. The van der Waals surface area contributed by atoms with Crippen molar-refractivity contribution < 1.29 is 0 Å². The number of anilines is 1. The molecule has 5 heteroatoms. The molecular formula is C14H21ClN4. The van der Waals surface area contributed by atoms with Gasteiger partial charge in [-0.15, -0.1) is 0 Å². The lowest BCUT2D eigenvalue weighted by Crippen LogP contribution is -2.34. The normalized spacial score (nSPS) is 23.1. The van der Waals surface area contributed by atoms with Crippen molar-refractivity contribution in [1.29, 1.82) is 5.41 Å². The minimum atomic E-state index is 0.0292. The van der Waals surface area contributed by atoms with Crippen LogP contribution in [0.4, 0.5) is 5.69 Å². The van der Waals surface area contributed by atoms with Gasteiger partial charge < -0.3 is 15.5 Å². The van der Waals surface area contributed by atoms with Crippen LogP contribution in [0.25, 0.3) is 0 Å². The van der Waals surface area contributed by atoms with Gasteiger partial charge in [0.1, 0.15) is 5.84 Å². The molecule has 0 radical (unpaired) electrons. The van der Waals surface area contributed by atoms with Crippen molar-refractivity contribution in [2.75, 3.05) is 32.1 Å². The van der Waals surface area contributed by atoms with E-state index in [0.717, 1.165) is 18.8 Å². The van der Waals surface area contributed by atoms with Crippen LogP contribution in [-0.4, -0.2) is 44.0 Å². The fraction of sp³-hybridized carbons (Fsp3) is 0.500. The number of nitrogen functional groups attached to an aromatic ring is 1. The third-order valence-corrected chi connectivity index (χ3v) is 4.15. The van der Waals surface area contributed by atoms with Gasteiger partial charge in [0.25, 0.3) is 0 Å². The molecule has 0 saturated carbocycles. The zero-order valence-electron chi connectivity index (χ0n) is 11.7. The summed E-state index contributed by atoms with van der Waals surface area (Å²) in [4.78, 5) is 4.53. The first kappa shape index (κ1) is 14.2. The highest BCUT2D eigenvalue weighted by Gasteiger charge is 2.32. The second-order valence-electron chi connectivity index (χ2n) is 5.46. The minimum Gasteiger partial charge on any atom is -0.384 e. The van der Waals surface area contributed by atoms with Crippen LogP contribution in [0.3, 0.4) is 0 Å². The van der Waals surface area contributed by atoms with E-state index in [1.54, 1.807) is 6.07 Å². The van der Waals surface area contributed by atoms with E-state index < -0.39 is 0 Å². The summed E-state index contributed by atoms with van der Waals surface area (Å²) in [5, 5.41) is 8.27. The maximum Gasteiger partial charge on any atom is 0.126 e. The molecule has 1 aliphatic rings. The first-order valence-corrected chi connectivity index (χ1v) is 6.84. The number of likely N-dealkylation sites (N-methyl/N-ethyl adjacent to an activating group) is 1. The van der Waals surface area contributed by atoms with Crippen LogP contribution in [0.1, 0.15) is 12.5 Å². The Labute approximate surface area is 119 Å². The van der Waals surface area contributed by atoms with Crippen LogP contribution in [0.15, 0.2) is 18.2 Å².